The standard InChI is InChI=1S/C23H20Cl5F3N2O2S/c1-11(9-36-10-22(29,30)31)32-18(34)7-12-6-16(2-3-17(12)26)33-21(35)20-19(23(20,27)28)13-4-14(24)8-15(25)5-13/h2-6,8,11,19-20H,7,9-10H2,1H3,(H,32,34)(H,33,35)/t11-,19?,20?/m1/s1. The maximum absolute atomic E-state index is 12.9. The lowest BCUT2D eigenvalue weighted by Crippen LogP contribution is -2.35. The molecule has 0 radical (unpaired) electrons. The normalized spacial score (nSPS) is 19.5. The predicted molar refractivity (Wildman–Crippen MR) is 142 cm³/mol. The first kappa shape index (κ1) is 29.5. The molecule has 2 aromatic carbocycles. The van der Waals surface area contributed by atoms with Crippen LogP contribution in [0.3, 0.4) is 0 Å². The number of carbonyl (C=O) groups excluding carboxylic acids is 2. The van der Waals surface area contributed by atoms with Crippen LogP contribution >= 0.6 is 69.8 Å². The fraction of sp³-hybridized carbons (Fsp3) is 0.391. The zero-order valence-corrected chi connectivity index (χ0v) is 23.2. The van der Waals surface area contributed by atoms with Crippen molar-refractivity contribution in [1.82, 2.24) is 5.32 Å². The Morgan fingerprint density at radius 1 is 1.08 bits per heavy atom. The molecule has 196 valence electrons. The average molecular weight is 623 g/mol. The van der Waals surface area contributed by atoms with Crippen molar-refractivity contribution < 1.29 is 22.8 Å². The number of amides is 2. The zero-order chi connectivity index (χ0) is 26.8. The second-order valence-electron chi connectivity index (χ2n) is 8.40. The van der Waals surface area contributed by atoms with Gasteiger partial charge in [0.1, 0.15) is 4.33 Å². The van der Waals surface area contributed by atoms with Crippen LogP contribution in [0.15, 0.2) is 36.4 Å². The molecule has 0 aromatic heterocycles. The SMILES string of the molecule is C[C@H](CSCC(F)(F)F)NC(=O)Cc1cc(NC(=O)C2C(c3cc(Cl)cc(Cl)c3)C2(Cl)Cl)ccc1Cl. The predicted octanol–water partition coefficient (Wildman–Crippen LogP) is 7.52. The van der Waals surface area contributed by atoms with Gasteiger partial charge in [-0.3, -0.25) is 9.59 Å². The molecule has 3 rings (SSSR count). The van der Waals surface area contributed by atoms with Gasteiger partial charge in [0.2, 0.25) is 11.8 Å². The Labute approximate surface area is 235 Å². The zero-order valence-electron chi connectivity index (χ0n) is 18.6. The first-order valence-electron chi connectivity index (χ1n) is 10.5. The number of benzene rings is 2. The van der Waals surface area contributed by atoms with E-state index in [1.165, 1.54) is 6.07 Å². The molecular weight excluding hydrogens is 603 g/mol. The first-order chi connectivity index (χ1) is 16.7. The van der Waals surface area contributed by atoms with Gasteiger partial charge >= 0.3 is 6.18 Å². The summed E-state index contributed by atoms with van der Waals surface area (Å²) >= 11 is 31.8. The molecule has 0 spiro atoms. The number of halogens is 8. The lowest BCUT2D eigenvalue weighted by molar-refractivity contribution is -0.121. The van der Waals surface area contributed by atoms with E-state index in [1.54, 1.807) is 37.3 Å². The van der Waals surface area contributed by atoms with E-state index in [0.717, 1.165) is 0 Å². The van der Waals surface area contributed by atoms with E-state index in [-0.39, 0.29) is 12.2 Å². The van der Waals surface area contributed by atoms with Gasteiger partial charge in [-0.15, -0.1) is 23.2 Å². The largest absolute Gasteiger partial charge is 0.397 e. The van der Waals surface area contributed by atoms with Crippen LogP contribution in [0.1, 0.15) is 24.0 Å². The van der Waals surface area contributed by atoms with E-state index in [1.807, 2.05) is 0 Å². The highest BCUT2D eigenvalue weighted by atomic mass is 35.5. The van der Waals surface area contributed by atoms with Crippen LogP contribution in [0.4, 0.5) is 18.9 Å². The molecule has 0 heterocycles. The minimum atomic E-state index is -4.26. The molecule has 2 N–H and O–H groups in total. The van der Waals surface area contributed by atoms with Crippen molar-refractivity contribution >= 4 is 87.3 Å². The Morgan fingerprint density at radius 2 is 1.72 bits per heavy atom. The summed E-state index contributed by atoms with van der Waals surface area (Å²) < 4.78 is 35.5. The number of hydrogen-bond acceptors (Lipinski definition) is 3. The number of thioether (sulfide) groups is 1. The Balaban J connectivity index is 1.61. The van der Waals surface area contributed by atoms with E-state index in [0.29, 0.717) is 43.6 Å². The van der Waals surface area contributed by atoms with Crippen molar-refractivity contribution in [2.75, 3.05) is 16.8 Å². The van der Waals surface area contributed by atoms with Crippen molar-refractivity contribution in [3.8, 4) is 0 Å². The van der Waals surface area contributed by atoms with E-state index >= 15 is 0 Å². The molecule has 3 atom stereocenters. The minimum absolute atomic E-state index is 0.105. The number of anilines is 1. The minimum Gasteiger partial charge on any atom is -0.353 e. The molecule has 1 fully saturated rings. The van der Waals surface area contributed by atoms with E-state index < -0.39 is 46.0 Å². The number of alkyl halides is 5. The Kier molecular flexibility index (Phi) is 9.67. The van der Waals surface area contributed by atoms with Crippen molar-refractivity contribution in [3.05, 3.63) is 62.6 Å². The third-order valence-corrected chi connectivity index (χ3v) is 8.30. The molecule has 1 aliphatic carbocycles. The van der Waals surface area contributed by atoms with E-state index in [4.69, 9.17) is 58.0 Å². The average Bonchev–Trinajstić information content (AvgIpc) is 3.31. The molecule has 0 saturated heterocycles. The van der Waals surface area contributed by atoms with Gasteiger partial charge in [-0.1, -0.05) is 34.8 Å². The number of hydrogen-bond donors (Lipinski definition) is 2. The van der Waals surface area contributed by atoms with Crippen LogP contribution in [0, 0.1) is 5.92 Å². The summed E-state index contributed by atoms with van der Waals surface area (Å²) in [7, 11) is 0. The molecule has 2 amide bonds. The van der Waals surface area contributed by atoms with Gasteiger partial charge in [-0.2, -0.15) is 24.9 Å². The second kappa shape index (κ2) is 11.8. The molecule has 0 aliphatic heterocycles. The van der Waals surface area contributed by atoms with E-state index in [2.05, 4.69) is 10.6 Å². The molecule has 36 heavy (non-hydrogen) atoms. The Morgan fingerprint density at radius 3 is 2.33 bits per heavy atom. The van der Waals surface area contributed by atoms with Gasteiger partial charge in [-0.25, -0.2) is 0 Å². The maximum Gasteiger partial charge on any atom is 0.397 e. The summed E-state index contributed by atoms with van der Waals surface area (Å²) in [6, 6.07) is 9.01. The van der Waals surface area contributed by atoms with Gasteiger partial charge in [0.05, 0.1) is 18.1 Å². The summed E-state index contributed by atoms with van der Waals surface area (Å²) in [6.07, 6.45) is -4.39. The number of rotatable bonds is 9. The molecule has 13 heteroatoms. The Hall–Kier alpha value is -1.03. The van der Waals surface area contributed by atoms with E-state index in [9.17, 15) is 22.8 Å². The van der Waals surface area contributed by atoms with Gasteiger partial charge < -0.3 is 10.6 Å². The molecular formula is C23H20Cl5F3N2O2S. The fourth-order valence-electron chi connectivity index (χ4n) is 3.72. The maximum atomic E-state index is 12.9. The lowest BCUT2D eigenvalue weighted by Gasteiger charge is -2.15. The van der Waals surface area contributed by atoms with Crippen molar-refractivity contribution in [2.45, 2.75) is 35.8 Å². The summed E-state index contributed by atoms with van der Waals surface area (Å²) in [5, 5.41) is 6.46. The summed E-state index contributed by atoms with van der Waals surface area (Å²) in [6.45, 7) is 1.61. The summed E-state index contributed by atoms with van der Waals surface area (Å²) in [4.78, 5) is 25.3. The number of nitrogens with one attached hydrogen (secondary N) is 2. The van der Waals surface area contributed by atoms with Crippen molar-refractivity contribution in [1.29, 1.82) is 0 Å². The highest BCUT2D eigenvalue weighted by molar-refractivity contribution is 7.99. The Bertz CT molecular complexity index is 1130. The van der Waals surface area contributed by atoms with Gasteiger partial charge in [0.25, 0.3) is 0 Å². The molecule has 1 saturated carbocycles. The molecule has 2 unspecified atom stereocenters. The topological polar surface area (TPSA) is 58.2 Å². The summed E-state index contributed by atoms with van der Waals surface area (Å²) in [5.74, 6) is -3.03. The fourth-order valence-corrected chi connectivity index (χ4v) is 6.06. The van der Waals surface area contributed by atoms with Gasteiger partial charge in [0, 0.05) is 38.5 Å². The van der Waals surface area contributed by atoms with Gasteiger partial charge in [-0.05, 0) is 54.4 Å². The van der Waals surface area contributed by atoms with Gasteiger partial charge in [0.15, 0.2) is 0 Å². The molecule has 0 bridgehead atoms. The summed E-state index contributed by atoms with van der Waals surface area (Å²) in [5.41, 5.74) is 1.44. The lowest BCUT2D eigenvalue weighted by atomic mass is 10.1. The number of carbonyl (C=O) groups is 2. The highest BCUT2D eigenvalue weighted by Gasteiger charge is 2.67. The molecule has 1 aliphatic rings. The highest BCUT2D eigenvalue weighted by Crippen LogP contribution is 2.65. The van der Waals surface area contributed by atoms with Crippen LogP contribution in [0.25, 0.3) is 0 Å². The first-order valence-corrected chi connectivity index (χ1v) is 13.6. The third-order valence-electron chi connectivity index (χ3n) is 5.29. The second-order valence-corrected chi connectivity index (χ2v) is 12.2. The van der Waals surface area contributed by atoms with Crippen LogP contribution in [0.5, 0.6) is 0 Å². The molecule has 4 nitrogen and oxygen atoms in total. The quantitative estimate of drug-likeness (QED) is 0.285. The smallest absolute Gasteiger partial charge is 0.353 e. The van der Waals surface area contributed by atoms with Crippen LogP contribution in [0.2, 0.25) is 15.1 Å². The van der Waals surface area contributed by atoms with Crippen molar-refractivity contribution in [3.63, 3.8) is 0 Å². The van der Waals surface area contributed by atoms with Crippen LogP contribution in [-0.4, -0.2) is 39.9 Å². The van der Waals surface area contributed by atoms with Crippen LogP contribution < -0.4 is 10.6 Å². The third kappa shape index (κ3) is 7.98. The molecule has 2 aromatic rings. The van der Waals surface area contributed by atoms with Crippen LogP contribution in [-0.2, 0) is 16.0 Å². The monoisotopic (exact) mass is 620 g/mol. The van der Waals surface area contributed by atoms with Crippen molar-refractivity contribution in [2.24, 2.45) is 5.92 Å².